The number of nitrogens with zero attached hydrogens (tertiary/aromatic N) is 1. The molecule has 0 radical (unpaired) electrons. The first kappa shape index (κ1) is 14.5. The van der Waals surface area contributed by atoms with Gasteiger partial charge in [0.05, 0.1) is 17.4 Å². The summed E-state index contributed by atoms with van der Waals surface area (Å²) in [6.45, 7) is 5.39. The van der Waals surface area contributed by atoms with E-state index in [0.717, 1.165) is 11.3 Å². The molecule has 0 aromatic heterocycles. The lowest BCUT2D eigenvalue weighted by atomic mass is 10.1. The van der Waals surface area contributed by atoms with Crippen molar-refractivity contribution in [3.05, 3.63) is 29.3 Å². The van der Waals surface area contributed by atoms with Gasteiger partial charge in [-0.05, 0) is 31.5 Å². The van der Waals surface area contributed by atoms with Crippen molar-refractivity contribution in [2.75, 3.05) is 16.8 Å². The molecule has 4 nitrogen and oxygen atoms in total. The summed E-state index contributed by atoms with van der Waals surface area (Å²) < 4.78 is 23.0. The summed E-state index contributed by atoms with van der Waals surface area (Å²) in [5, 5.41) is 12.0. The molecule has 0 fully saturated rings. The predicted molar refractivity (Wildman–Crippen MR) is 73.3 cm³/mol. The number of benzene rings is 1. The van der Waals surface area contributed by atoms with E-state index in [1.807, 2.05) is 19.9 Å². The molecule has 0 bridgehead atoms. The highest BCUT2D eigenvalue weighted by molar-refractivity contribution is 7.91. The summed E-state index contributed by atoms with van der Waals surface area (Å²) in [6, 6.07) is 7.22. The number of sulfone groups is 1. The number of nitriles is 1. The quantitative estimate of drug-likeness (QED) is 0.886. The summed E-state index contributed by atoms with van der Waals surface area (Å²) in [5.41, 5.74) is 2.37. The lowest BCUT2D eigenvalue weighted by molar-refractivity contribution is 0.593. The predicted octanol–water partition coefficient (Wildman–Crippen LogP) is 2.10. The van der Waals surface area contributed by atoms with Gasteiger partial charge < -0.3 is 5.32 Å². The van der Waals surface area contributed by atoms with Crippen molar-refractivity contribution in [2.45, 2.75) is 26.8 Å². The van der Waals surface area contributed by atoms with E-state index in [1.54, 1.807) is 19.1 Å². The van der Waals surface area contributed by atoms with Crippen molar-refractivity contribution >= 4 is 15.5 Å². The molecule has 0 aliphatic heterocycles. The maximum atomic E-state index is 11.5. The topological polar surface area (TPSA) is 70.0 Å². The maximum absolute atomic E-state index is 11.5. The average molecular weight is 266 g/mol. The lowest BCUT2D eigenvalue weighted by Crippen LogP contribution is -2.27. The maximum Gasteiger partial charge on any atom is 0.152 e. The third kappa shape index (κ3) is 4.04. The number of hydrogen-bond acceptors (Lipinski definition) is 4. The zero-order valence-corrected chi connectivity index (χ0v) is 11.7. The van der Waals surface area contributed by atoms with Crippen LogP contribution in [-0.4, -0.2) is 26.0 Å². The summed E-state index contributed by atoms with van der Waals surface area (Å²) in [5.74, 6) is 0.246. The average Bonchev–Trinajstić information content (AvgIpc) is 2.31. The molecule has 0 heterocycles. The molecule has 0 saturated heterocycles. The van der Waals surface area contributed by atoms with Crippen LogP contribution in [0.4, 0.5) is 5.69 Å². The Kier molecular flexibility index (Phi) is 4.74. The van der Waals surface area contributed by atoms with Crippen LogP contribution in [0.15, 0.2) is 18.2 Å². The van der Waals surface area contributed by atoms with Gasteiger partial charge in [-0.25, -0.2) is 8.42 Å². The first-order valence-corrected chi connectivity index (χ1v) is 7.68. The van der Waals surface area contributed by atoms with Gasteiger partial charge in [-0.3, -0.25) is 0 Å². The van der Waals surface area contributed by atoms with Gasteiger partial charge in [-0.1, -0.05) is 13.0 Å². The standard InChI is InChI=1S/C13H18N2O2S/c1-4-18(16,17)9-11(3)15-13-7-12(8-14)6-5-10(13)2/h5-7,11,15H,4,9H2,1-3H3. The Morgan fingerprint density at radius 3 is 2.67 bits per heavy atom. The molecule has 0 spiro atoms. The van der Waals surface area contributed by atoms with Gasteiger partial charge >= 0.3 is 0 Å². The van der Waals surface area contributed by atoms with Crippen LogP contribution in [0.1, 0.15) is 25.0 Å². The van der Waals surface area contributed by atoms with Gasteiger partial charge in [0, 0.05) is 17.5 Å². The Morgan fingerprint density at radius 2 is 2.11 bits per heavy atom. The van der Waals surface area contributed by atoms with E-state index < -0.39 is 9.84 Å². The van der Waals surface area contributed by atoms with Crippen LogP contribution in [0.5, 0.6) is 0 Å². The molecule has 1 aromatic rings. The van der Waals surface area contributed by atoms with E-state index in [-0.39, 0.29) is 17.5 Å². The highest BCUT2D eigenvalue weighted by Gasteiger charge is 2.14. The van der Waals surface area contributed by atoms with Crippen LogP contribution >= 0.6 is 0 Å². The monoisotopic (exact) mass is 266 g/mol. The van der Waals surface area contributed by atoms with Crippen LogP contribution in [0, 0.1) is 18.3 Å². The van der Waals surface area contributed by atoms with Gasteiger partial charge in [0.1, 0.15) is 0 Å². The molecular weight excluding hydrogens is 248 g/mol. The molecule has 98 valence electrons. The molecule has 0 aliphatic carbocycles. The normalized spacial score (nSPS) is 12.8. The molecule has 1 N–H and O–H groups in total. The Hall–Kier alpha value is -1.54. The smallest absolute Gasteiger partial charge is 0.152 e. The van der Waals surface area contributed by atoms with Crippen LogP contribution < -0.4 is 5.32 Å². The molecule has 0 aliphatic rings. The molecular formula is C13H18N2O2S. The van der Waals surface area contributed by atoms with Crippen LogP contribution in [0.25, 0.3) is 0 Å². The molecule has 5 heteroatoms. The highest BCUT2D eigenvalue weighted by Crippen LogP contribution is 2.17. The van der Waals surface area contributed by atoms with Crippen LogP contribution in [0.2, 0.25) is 0 Å². The van der Waals surface area contributed by atoms with Crippen LogP contribution in [-0.2, 0) is 9.84 Å². The molecule has 1 unspecified atom stereocenters. The molecule has 1 rings (SSSR count). The van der Waals surface area contributed by atoms with E-state index in [4.69, 9.17) is 5.26 Å². The van der Waals surface area contributed by atoms with Crippen molar-refractivity contribution in [3.8, 4) is 6.07 Å². The zero-order valence-electron chi connectivity index (χ0n) is 10.9. The fraction of sp³-hybridized carbons (Fsp3) is 0.462. The van der Waals surface area contributed by atoms with E-state index in [9.17, 15) is 8.42 Å². The molecule has 1 aromatic carbocycles. The van der Waals surface area contributed by atoms with Crippen molar-refractivity contribution in [1.29, 1.82) is 5.26 Å². The minimum absolute atomic E-state index is 0.0969. The fourth-order valence-electron chi connectivity index (χ4n) is 1.65. The first-order valence-electron chi connectivity index (χ1n) is 5.85. The summed E-state index contributed by atoms with van der Waals surface area (Å²) in [7, 11) is -2.99. The van der Waals surface area contributed by atoms with E-state index in [0.29, 0.717) is 5.56 Å². The summed E-state index contributed by atoms with van der Waals surface area (Å²) in [4.78, 5) is 0. The summed E-state index contributed by atoms with van der Waals surface area (Å²) >= 11 is 0. The van der Waals surface area contributed by atoms with Crippen molar-refractivity contribution in [2.24, 2.45) is 0 Å². The van der Waals surface area contributed by atoms with Crippen molar-refractivity contribution in [1.82, 2.24) is 0 Å². The van der Waals surface area contributed by atoms with Gasteiger partial charge in [0.15, 0.2) is 9.84 Å². The molecule has 1 atom stereocenters. The Balaban J connectivity index is 2.82. The number of anilines is 1. The van der Waals surface area contributed by atoms with Crippen molar-refractivity contribution < 1.29 is 8.42 Å². The minimum atomic E-state index is -2.99. The van der Waals surface area contributed by atoms with Crippen molar-refractivity contribution in [3.63, 3.8) is 0 Å². The Labute approximate surface area is 109 Å². The fourth-order valence-corrected chi connectivity index (χ4v) is 2.73. The van der Waals surface area contributed by atoms with Gasteiger partial charge in [-0.15, -0.1) is 0 Å². The van der Waals surface area contributed by atoms with Crippen LogP contribution in [0.3, 0.4) is 0 Å². The van der Waals surface area contributed by atoms with Gasteiger partial charge in [-0.2, -0.15) is 5.26 Å². The Bertz CT molecular complexity index is 559. The third-order valence-electron chi connectivity index (χ3n) is 2.71. The number of aryl methyl sites for hydroxylation is 1. The highest BCUT2D eigenvalue weighted by atomic mass is 32.2. The second kappa shape index (κ2) is 5.87. The summed E-state index contributed by atoms with van der Waals surface area (Å²) in [6.07, 6.45) is 0. The lowest BCUT2D eigenvalue weighted by Gasteiger charge is -2.17. The second-order valence-electron chi connectivity index (χ2n) is 4.39. The number of nitrogens with one attached hydrogen (secondary N) is 1. The zero-order chi connectivity index (χ0) is 13.8. The third-order valence-corrected chi connectivity index (χ3v) is 4.60. The number of rotatable bonds is 5. The molecule has 0 amide bonds. The second-order valence-corrected chi connectivity index (χ2v) is 6.78. The largest absolute Gasteiger partial charge is 0.381 e. The minimum Gasteiger partial charge on any atom is -0.381 e. The Morgan fingerprint density at radius 1 is 1.44 bits per heavy atom. The molecule has 18 heavy (non-hydrogen) atoms. The van der Waals surface area contributed by atoms with Gasteiger partial charge in [0.2, 0.25) is 0 Å². The number of hydrogen-bond donors (Lipinski definition) is 1. The SMILES string of the molecule is CCS(=O)(=O)CC(C)Nc1cc(C#N)ccc1C. The van der Waals surface area contributed by atoms with E-state index >= 15 is 0 Å². The molecule has 0 saturated carbocycles. The van der Waals surface area contributed by atoms with Gasteiger partial charge in [0.25, 0.3) is 0 Å². The first-order chi connectivity index (χ1) is 8.38. The van der Waals surface area contributed by atoms with E-state index in [2.05, 4.69) is 11.4 Å². The van der Waals surface area contributed by atoms with E-state index in [1.165, 1.54) is 0 Å².